The lowest BCUT2D eigenvalue weighted by Gasteiger charge is -2.27. The molecule has 0 heterocycles. The second-order valence-corrected chi connectivity index (χ2v) is 5.28. The number of benzene rings is 1. The van der Waals surface area contributed by atoms with Crippen molar-refractivity contribution in [3.8, 4) is 5.75 Å². The van der Waals surface area contributed by atoms with Crippen molar-refractivity contribution in [1.82, 2.24) is 0 Å². The van der Waals surface area contributed by atoms with Crippen LogP contribution < -0.4 is 15.4 Å². The molecule has 18 heavy (non-hydrogen) atoms. The normalized spacial score (nSPS) is 12.6. The number of nitrogens with zero attached hydrogens (tertiary/aromatic N) is 1. The van der Waals surface area contributed by atoms with Gasteiger partial charge in [-0.25, -0.2) is 0 Å². The molecule has 0 radical (unpaired) electrons. The van der Waals surface area contributed by atoms with Gasteiger partial charge in [0.2, 0.25) is 0 Å². The Hall–Kier alpha value is -1.22. The van der Waals surface area contributed by atoms with Gasteiger partial charge in [-0.3, -0.25) is 0 Å². The molecule has 3 nitrogen and oxygen atoms in total. The Bertz CT molecular complexity index is 352. The number of para-hydroxylation sites is 2. The molecule has 1 unspecified atom stereocenters. The average Bonchev–Trinajstić information content (AvgIpc) is 2.37. The minimum atomic E-state index is 0.528. The summed E-state index contributed by atoms with van der Waals surface area (Å²) in [5.41, 5.74) is 6.99. The van der Waals surface area contributed by atoms with Gasteiger partial charge in [0.1, 0.15) is 5.75 Å². The summed E-state index contributed by atoms with van der Waals surface area (Å²) in [5, 5.41) is 0. The van der Waals surface area contributed by atoms with E-state index in [9.17, 15) is 0 Å². The fraction of sp³-hybridized carbons (Fsp3) is 0.600. The molecule has 102 valence electrons. The first-order valence-electron chi connectivity index (χ1n) is 6.62. The van der Waals surface area contributed by atoms with E-state index in [1.807, 2.05) is 18.2 Å². The van der Waals surface area contributed by atoms with Crippen molar-refractivity contribution in [1.29, 1.82) is 0 Å². The van der Waals surface area contributed by atoms with Gasteiger partial charge in [0.05, 0.1) is 12.8 Å². The van der Waals surface area contributed by atoms with E-state index in [1.54, 1.807) is 7.11 Å². The topological polar surface area (TPSA) is 38.5 Å². The Kier molecular flexibility index (Phi) is 5.99. The molecule has 0 amide bonds. The predicted octanol–water partition coefficient (Wildman–Crippen LogP) is 2.75. The lowest BCUT2D eigenvalue weighted by molar-refractivity contribution is 0.405. The van der Waals surface area contributed by atoms with Crippen LogP contribution in [0.25, 0.3) is 0 Å². The molecule has 0 aliphatic heterocycles. The van der Waals surface area contributed by atoms with E-state index in [4.69, 9.17) is 10.5 Å². The van der Waals surface area contributed by atoms with Crippen LogP contribution in [0.1, 0.15) is 20.3 Å². The van der Waals surface area contributed by atoms with Gasteiger partial charge in [-0.1, -0.05) is 26.0 Å². The zero-order valence-electron chi connectivity index (χ0n) is 12.0. The van der Waals surface area contributed by atoms with Crippen LogP contribution in [0.2, 0.25) is 0 Å². The van der Waals surface area contributed by atoms with E-state index in [0.29, 0.717) is 11.8 Å². The first kappa shape index (κ1) is 14.8. The van der Waals surface area contributed by atoms with Gasteiger partial charge in [0.25, 0.3) is 0 Å². The highest BCUT2D eigenvalue weighted by Crippen LogP contribution is 2.27. The number of hydrogen-bond donors (Lipinski definition) is 1. The van der Waals surface area contributed by atoms with Crippen molar-refractivity contribution in [3.63, 3.8) is 0 Å². The van der Waals surface area contributed by atoms with Crippen LogP contribution in [0, 0.1) is 11.8 Å². The van der Waals surface area contributed by atoms with Gasteiger partial charge in [0, 0.05) is 13.6 Å². The molecule has 0 aliphatic rings. The van der Waals surface area contributed by atoms with Crippen LogP contribution in [0.15, 0.2) is 24.3 Å². The van der Waals surface area contributed by atoms with Gasteiger partial charge in [-0.05, 0) is 36.9 Å². The highest BCUT2D eigenvalue weighted by Gasteiger charge is 2.14. The summed E-state index contributed by atoms with van der Waals surface area (Å²) >= 11 is 0. The fourth-order valence-electron chi connectivity index (χ4n) is 2.34. The molecule has 0 bridgehead atoms. The van der Waals surface area contributed by atoms with Gasteiger partial charge in [-0.2, -0.15) is 0 Å². The molecule has 3 heteroatoms. The summed E-state index contributed by atoms with van der Waals surface area (Å²) in [4.78, 5) is 2.23. The zero-order valence-corrected chi connectivity index (χ0v) is 12.0. The predicted molar refractivity (Wildman–Crippen MR) is 78.3 cm³/mol. The molecule has 0 saturated carbocycles. The SMILES string of the molecule is COc1ccccc1N(C)CC(CN)CC(C)C. The van der Waals surface area contributed by atoms with Crippen molar-refractivity contribution in [2.45, 2.75) is 20.3 Å². The van der Waals surface area contributed by atoms with Gasteiger partial charge in [0.15, 0.2) is 0 Å². The van der Waals surface area contributed by atoms with E-state index in [-0.39, 0.29) is 0 Å². The van der Waals surface area contributed by atoms with Crippen molar-refractivity contribution < 1.29 is 4.74 Å². The second-order valence-electron chi connectivity index (χ2n) is 5.28. The number of anilines is 1. The van der Waals surface area contributed by atoms with Crippen LogP contribution >= 0.6 is 0 Å². The Balaban J connectivity index is 2.71. The van der Waals surface area contributed by atoms with Crippen LogP contribution in [-0.4, -0.2) is 27.2 Å². The number of methoxy groups -OCH3 is 1. The first-order valence-corrected chi connectivity index (χ1v) is 6.62. The second kappa shape index (κ2) is 7.27. The molecule has 0 spiro atoms. The number of hydrogen-bond acceptors (Lipinski definition) is 3. The van der Waals surface area contributed by atoms with Crippen LogP contribution in [0.5, 0.6) is 5.75 Å². The van der Waals surface area contributed by atoms with Gasteiger partial charge < -0.3 is 15.4 Å². The largest absolute Gasteiger partial charge is 0.495 e. The number of nitrogens with two attached hydrogens (primary N) is 1. The smallest absolute Gasteiger partial charge is 0.142 e. The summed E-state index contributed by atoms with van der Waals surface area (Å²) < 4.78 is 5.39. The Labute approximate surface area is 111 Å². The zero-order chi connectivity index (χ0) is 13.5. The van der Waals surface area contributed by atoms with Crippen LogP contribution in [0.4, 0.5) is 5.69 Å². The molecule has 0 fully saturated rings. The third-order valence-corrected chi connectivity index (χ3v) is 3.17. The number of rotatable bonds is 7. The van der Waals surface area contributed by atoms with Crippen LogP contribution in [-0.2, 0) is 0 Å². The molecular weight excluding hydrogens is 224 g/mol. The molecule has 1 aromatic carbocycles. The van der Waals surface area contributed by atoms with E-state index in [0.717, 1.165) is 30.9 Å². The maximum atomic E-state index is 5.86. The van der Waals surface area contributed by atoms with Crippen molar-refractivity contribution in [3.05, 3.63) is 24.3 Å². The summed E-state index contributed by atoms with van der Waals surface area (Å²) in [7, 11) is 3.81. The molecule has 0 saturated heterocycles. The highest BCUT2D eigenvalue weighted by molar-refractivity contribution is 5.57. The maximum Gasteiger partial charge on any atom is 0.142 e. The first-order chi connectivity index (χ1) is 8.58. The summed E-state index contributed by atoms with van der Waals surface area (Å²) in [6, 6.07) is 8.10. The van der Waals surface area contributed by atoms with E-state index >= 15 is 0 Å². The quantitative estimate of drug-likeness (QED) is 0.808. The lowest BCUT2D eigenvalue weighted by Crippen LogP contribution is -2.31. The minimum Gasteiger partial charge on any atom is -0.495 e. The molecule has 1 atom stereocenters. The molecule has 1 aromatic rings. The highest BCUT2D eigenvalue weighted by atomic mass is 16.5. The third-order valence-electron chi connectivity index (χ3n) is 3.17. The molecule has 0 aromatic heterocycles. The third kappa shape index (κ3) is 4.22. The van der Waals surface area contributed by atoms with E-state index < -0.39 is 0 Å². The molecule has 2 N–H and O–H groups in total. The lowest BCUT2D eigenvalue weighted by atomic mass is 9.96. The Morgan fingerprint density at radius 1 is 1.28 bits per heavy atom. The summed E-state index contributed by atoms with van der Waals surface area (Å²) in [5.74, 6) is 2.13. The van der Waals surface area contributed by atoms with Gasteiger partial charge in [-0.15, -0.1) is 0 Å². The maximum absolute atomic E-state index is 5.86. The fourth-order valence-corrected chi connectivity index (χ4v) is 2.34. The summed E-state index contributed by atoms with van der Waals surface area (Å²) in [6.07, 6.45) is 1.16. The molecular formula is C15H26N2O. The standard InChI is InChI=1S/C15H26N2O/c1-12(2)9-13(10-16)11-17(3)14-7-5-6-8-15(14)18-4/h5-8,12-13H,9-11,16H2,1-4H3. The Morgan fingerprint density at radius 3 is 2.50 bits per heavy atom. The van der Waals surface area contributed by atoms with Crippen molar-refractivity contribution in [2.75, 3.05) is 32.1 Å². The monoisotopic (exact) mass is 250 g/mol. The van der Waals surface area contributed by atoms with E-state index in [2.05, 4.69) is 31.9 Å². The van der Waals surface area contributed by atoms with Crippen molar-refractivity contribution >= 4 is 5.69 Å². The van der Waals surface area contributed by atoms with Gasteiger partial charge >= 0.3 is 0 Å². The van der Waals surface area contributed by atoms with E-state index in [1.165, 1.54) is 0 Å². The molecule has 0 aliphatic carbocycles. The minimum absolute atomic E-state index is 0.528. The van der Waals surface area contributed by atoms with Crippen molar-refractivity contribution in [2.24, 2.45) is 17.6 Å². The molecule has 1 rings (SSSR count). The average molecular weight is 250 g/mol. The number of ether oxygens (including phenoxy) is 1. The Morgan fingerprint density at radius 2 is 1.94 bits per heavy atom. The van der Waals surface area contributed by atoms with Crippen LogP contribution in [0.3, 0.4) is 0 Å². The summed E-state index contributed by atoms with van der Waals surface area (Å²) in [6.45, 7) is 6.18.